The van der Waals surface area contributed by atoms with Crippen LogP contribution in [0.4, 0.5) is 0 Å². The molecule has 4 aliphatic carbocycles. The molecule has 0 saturated heterocycles. The summed E-state index contributed by atoms with van der Waals surface area (Å²) in [7, 11) is 0. The molecule has 0 spiro atoms. The maximum atomic E-state index is 12.4. The van der Waals surface area contributed by atoms with E-state index in [1.165, 1.54) is 18.9 Å². The van der Waals surface area contributed by atoms with Crippen LogP contribution in [0.2, 0.25) is 0 Å². The molecule has 4 aliphatic rings. The maximum absolute atomic E-state index is 12.4. The average molecular weight is 330 g/mol. The van der Waals surface area contributed by atoms with Gasteiger partial charge in [0.1, 0.15) is 11.9 Å². The van der Waals surface area contributed by atoms with Gasteiger partial charge in [-0.25, -0.2) is 0 Å². The Labute approximate surface area is 145 Å². The summed E-state index contributed by atoms with van der Waals surface area (Å²) in [6.45, 7) is 6.19. The van der Waals surface area contributed by atoms with Gasteiger partial charge in [0.2, 0.25) is 0 Å². The van der Waals surface area contributed by atoms with Gasteiger partial charge in [-0.05, 0) is 61.7 Å². The predicted molar refractivity (Wildman–Crippen MR) is 92.3 cm³/mol. The lowest BCUT2D eigenvalue weighted by Gasteiger charge is -2.56. The van der Waals surface area contributed by atoms with E-state index in [-0.39, 0.29) is 22.9 Å². The summed E-state index contributed by atoms with van der Waals surface area (Å²) in [5.74, 6) is 2.33. The SMILES string of the molecule is CC(=O)O[C@@H]1CC[C@@]2(C)C(=CCC3C2CC[C@]2(C)C(=O)CCC32)C1. The topological polar surface area (TPSA) is 43.4 Å². The lowest BCUT2D eigenvalue weighted by atomic mass is 9.48. The highest BCUT2D eigenvalue weighted by Crippen LogP contribution is 2.64. The Balaban J connectivity index is 1.60. The van der Waals surface area contributed by atoms with E-state index in [0.717, 1.165) is 44.9 Å². The third-order valence-corrected chi connectivity index (χ3v) is 8.10. The van der Waals surface area contributed by atoms with E-state index < -0.39 is 0 Å². The number of allylic oxidation sites excluding steroid dienone is 1. The van der Waals surface area contributed by atoms with Crippen molar-refractivity contribution in [3.05, 3.63) is 11.6 Å². The summed E-state index contributed by atoms with van der Waals surface area (Å²) in [4.78, 5) is 23.7. The lowest BCUT2D eigenvalue weighted by molar-refractivity contribution is -0.148. The number of fused-ring (bicyclic) bond motifs is 5. The molecule has 3 heteroatoms. The van der Waals surface area contributed by atoms with Crippen molar-refractivity contribution in [2.24, 2.45) is 28.6 Å². The van der Waals surface area contributed by atoms with Crippen molar-refractivity contribution in [1.29, 1.82) is 0 Å². The van der Waals surface area contributed by atoms with E-state index in [9.17, 15) is 9.59 Å². The number of esters is 1. The minimum Gasteiger partial charge on any atom is -0.462 e. The van der Waals surface area contributed by atoms with E-state index in [4.69, 9.17) is 4.74 Å². The van der Waals surface area contributed by atoms with E-state index in [1.807, 2.05) is 0 Å². The van der Waals surface area contributed by atoms with Crippen molar-refractivity contribution >= 4 is 11.8 Å². The fourth-order valence-corrected chi connectivity index (χ4v) is 6.73. The molecule has 0 N–H and O–H groups in total. The Kier molecular flexibility index (Phi) is 3.71. The normalized spacial score (nSPS) is 47.3. The van der Waals surface area contributed by atoms with Gasteiger partial charge >= 0.3 is 5.97 Å². The van der Waals surface area contributed by atoms with Gasteiger partial charge in [-0.15, -0.1) is 0 Å². The highest BCUT2D eigenvalue weighted by Gasteiger charge is 2.58. The van der Waals surface area contributed by atoms with Crippen LogP contribution in [0.3, 0.4) is 0 Å². The average Bonchev–Trinajstić information content (AvgIpc) is 2.83. The van der Waals surface area contributed by atoms with Crippen LogP contribution in [0.5, 0.6) is 0 Å². The molecule has 0 aliphatic heterocycles. The van der Waals surface area contributed by atoms with Gasteiger partial charge in [0.25, 0.3) is 0 Å². The molecule has 0 aromatic heterocycles. The van der Waals surface area contributed by atoms with Gasteiger partial charge in [-0.2, -0.15) is 0 Å². The Bertz CT molecular complexity index is 606. The van der Waals surface area contributed by atoms with Crippen molar-refractivity contribution in [2.75, 3.05) is 0 Å². The first-order valence-corrected chi connectivity index (χ1v) is 9.74. The zero-order chi connectivity index (χ0) is 17.1. The molecule has 3 fully saturated rings. The monoisotopic (exact) mass is 330 g/mol. The first kappa shape index (κ1) is 16.4. The molecule has 3 nitrogen and oxygen atoms in total. The van der Waals surface area contributed by atoms with Crippen molar-refractivity contribution < 1.29 is 14.3 Å². The molecule has 0 aromatic rings. The molecule has 0 aromatic carbocycles. The fourth-order valence-electron chi connectivity index (χ4n) is 6.73. The molecule has 3 saturated carbocycles. The van der Waals surface area contributed by atoms with Crippen molar-refractivity contribution in [2.45, 2.75) is 78.2 Å². The van der Waals surface area contributed by atoms with Gasteiger partial charge in [-0.1, -0.05) is 25.5 Å². The Morgan fingerprint density at radius 2 is 1.83 bits per heavy atom. The van der Waals surface area contributed by atoms with Crippen molar-refractivity contribution in [1.82, 2.24) is 0 Å². The molecular formula is C21H30O3. The molecule has 0 heterocycles. The van der Waals surface area contributed by atoms with E-state index >= 15 is 0 Å². The van der Waals surface area contributed by atoms with E-state index in [2.05, 4.69) is 19.9 Å². The molecule has 132 valence electrons. The summed E-state index contributed by atoms with van der Waals surface area (Å²) in [5, 5.41) is 0. The molecule has 0 radical (unpaired) electrons. The van der Waals surface area contributed by atoms with Crippen LogP contribution < -0.4 is 0 Å². The van der Waals surface area contributed by atoms with Crippen LogP contribution in [-0.2, 0) is 14.3 Å². The number of hydrogen-bond acceptors (Lipinski definition) is 3. The van der Waals surface area contributed by atoms with Crippen molar-refractivity contribution in [3.8, 4) is 0 Å². The molecular weight excluding hydrogens is 300 g/mol. The number of ether oxygens (including phenoxy) is 1. The van der Waals surface area contributed by atoms with Crippen LogP contribution in [0, 0.1) is 28.6 Å². The number of rotatable bonds is 1. The third-order valence-electron chi connectivity index (χ3n) is 8.10. The standard InChI is InChI=1S/C21H30O3/c1-13(22)24-15-8-10-20(2)14(12-15)4-5-16-17-6-7-19(23)21(17,3)11-9-18(16)20/h4,15-18H,5-12H2,1-3H3/t15-,16?,17?,18?,20+,21+/m1/s1. The first-order chi connectivity index (χ1) is 11.3. The van der Waals surface area contributed by atoms with Crippen LogP contribution in [0.1, 0.15) is 72.1 Å². The highest BCUT2D eigenvalue weighted by atomic mass is 16.5. The second kappa shape index (κ2) is 5.44. The molecule has 4 rings (SSSR count). The largest absolute Gasteiger partial charge is 0.462 e. The lowest BCUT2D eigenvalue weighted by Crippen LogP contribution is -2.50. The summed E-state index contributed by atoms with van der Waals surface area (Å²) < 4.78 is 5.50. The first-order valence-electron chi connectivity index (χ1n) is 9.74. The van der Waals surface area contributed by atoms with Crippen LogP contribution in [-0.4, -0.2) is 17.9 Å². The second-order valence-electron chi connectivity index (χ2n) is 9.15. The number of ketones is 1. The number of hydrogen-bond donors (Lipinski definition) is 0. The molecule has 6 atom stereocenters. The highest BCUT2D eigenvalue weighted by molar-refractivity contribution is 5.87. The third kappa shape index (κ3) is 2.23. The summed E-state index contributed by atoms with van der Waals surface area (Å²) in [5.41, 5.74) is 1.74. The van der Waals surface area contributed by atoms with Gasteiger partial charge in [0.15, 0.2) is 0 Å². The smallest absolute Gasteiger partial charge is 0.302 e. The summed E-state index contributed by atoms with van der Waals surface area (Å²) in [6, 6.07) is 0. The zero-order valence-corrected chi connectivity index (χ0v) is 15.3. The van der Waals surface area contributed by atoms with Crippen LogP contribution in [0.15, 0.2) is 11.6 Å². The molecule has 3 unspecified atom stereocenters. The van der Waals surface area contributed by atoms with Gasteiger partial charge in [0, 0.05) is 25.2 Å². The Morgan fingerprint density at radius 1 is 1.12 bits per heavy atom. The predicted octanol–water partition coefficient (Wildman–Crippen LogP) is 4.45. The number of carbonyl (C=O) groups excluding carboxylic acids is 2. The molecule has 24 heavy (non-hydrogen) atoms. The van der Waals surface area contributed by atoms with E-state index in [1.54, 1.807) is 0 Å². The maximum Gasteiger partial charge on any atom is 0.302 e. The minimum absolute atomic E-state index is 0.0438. The van der Waals surface area contributed by atoms with Gasteiger partial charge in [0.05, 0.1) is 0 Å². The minimum atomic E-state index is -0.157. The second-order valence-corrected chi connectivity index (χ2v) is 9.15. The molecule has 0 amide bonds. The molecule has 0 bridgehead atoms. The van der Waals surface area contributed by atoms with Gasteiger partial charge < -0.3 is 4.74 Å². The Hall–Kier alpha value is -1.12. The number of carbonyl (C=O) groups is 2. The van der Waals surface area contributed by atoms with Gasteiger partial charge in [-0.3, -0.25) is 9.59 Å². The summed E-state index contributed by atoms with van der Waals surface area (Å²) >= 11 is 0. The van der Waals surface area contributed by atoms with E-state index in [0.29, 0.717) is 23.5 Å². The summed E-state index contributed by atoms with van der Waals surface area (Å²) in [6.07, 6.45) is 10.8. The Morgan fingerprint density at radius 3 is 2.58 bits per heavy atom. The quantitative estimate of drug-likeness (QED) is 0.527. The van der Waals surface area contributed by atoms with Crippen LogP contribution in [0.25, 0.3) is 0 Å². The van der Waals surface area contributed by atoms with Crippen LogP contribution >= 0.6 is 0 Å². The fraction of sp³-hybridized carbons (Fsp3) is 0.810. The number of Topliss-reactive ketones (excluding diaryl/α,β-unsaturated/α-hetero) is 1. The van der Waals surface area contributed by atoms with Crippen molar-refractivity contribution in [3.63, 3.8) is 0 Å². The zero-order valence-electron chi connectivity index (χ0n) is 15.3.